The molecule has 4 heteroatoms. The van der Waals surface area contributed by atoms with Gasteiger partial charge in [0, 0.05) is 12.5 Å². The lowest BCUT2D eigenvalue weighted by atomic mass is 10.1. The van der Waals surface area contributed by atoms with Gasteiger partial charge in [-0.3, -0.25) is 0 Å². The monoisotopic (exact) mass is 324 g/mol. The predicted molar refractivity (Wildman–Crippen MR) is 94.4 cm³/mol. The van der Waals surface area contributed by atoms with E-state index in [1.54, 1.807) is 0 Å². The van der Waals surface area contributed by atoms with Crippen molar-refractivity contribution < 1.29 is 14.3 Å². The third kappa shape index (κ3) is 5.84. The fourth-order valence-electron chi connectivity index (χ4n) is 1.85. The molecule has 0 heterocycles. The molecular formula is C18H32O3Si. The minimum atomic E-state index is -1.87. The number of hydrogen-bond donors (Lipinski definition) is 1. The summed E-state index contributed by atoms with van der Waals surface area (Å²) in [5, 5.41) is 9.65. The van der Waals surface area contributed by atoms with Crippen LogP contribution in [0.5, 0.6) is 0 Å². The fraction of sp³-hybridized carbons (Fsp3) is 0.667. The molecule has 1 rings (SSSR count). The first-order valence-electron chi connectivity index (χ1n) is 8.07. The topological polar surface area (TPSA) is 38.7 Å². The van der Waals surface area contributed by atoms with Gasteiger partial charge in [0.15, 0.2) is 8.32 Å². The standard InChI is InChI=1S/C18H32O3Si/c1-15(12-19)17(21-22(5,6)18(2,3)4)14-20-13-16-10-8-7-9-11-16/h7-11,15,17,19H,12-14H2,1-6H3/t15-,17-/m1/s1. The van der Waals surface area contributed by atoms with Crippen LogP contribution >= 0.6 is 0 Å². The van der Waals surface area contributed by atoms with E-state index in [0.717, 1.165) is 5.56 Å². The van der Waals surface area contributed by atoms with Crippen molar-refractivity contribution >= 4 is 8.32 Å². The first-order chi connectivity index (χ1) is 10.2. The highest BCUT2D eigenvalue weighted by Gasteiger charge is 2.40. The summed E-state index contributed by atoms with van der Waals surface area (Å²) >= 11 is 0. The summed E-state index contributed by atoms with van der Waals surface area (Å²) in [5.74, 6) is 0.0740. The number of ether oxygens (including phenoxy) is 1. The molecule has 3 nitrogen and oxygen atoms in total. The highest BCUT2D eigenvalue weighted by Crippen LogP contribution is 2.38. The van der Waals surface area contributed by atoms with Crippen molar-refractivity contribution in [2.24, 2.45) is 5.92 Å². The van der Waals surface area contributed by atoms with Gasteiger partial charge in [0.05, 0.1) is 19.3 Å². The fourth-order valence-corrected chi connectivity index (χ4v) is 3.27. The Balaban J connectivity index is 2.62. The minimum Gasteiger partial charge on any atom is -0.411 e. The number of aliphatic hydroxyl groups is 1. The van der Waals surface area contributed by atoms with Crippen LogP contribution in [0.3, 0.4) is 0 Å². The molecule has 126 valence electrons. The molecule has 0 spiro atoms. The summed E-state index contributed by atoms with van der Waals surface area (Å²) in [6.07, 6.45) is -0.0606. The number of benzene rings is 1. The summed E-state index contributed by atoms with van der Waals surface area (Å²) in [6.45, 7) is 14.4. The molecule has 0 fully saturated rings. The van der Waals surface area contributed by atoms with E-state index in [1.165, 1.54) is 0 Å². The zero-order chi connectivity index (χ0) is 16.8. The summed E-state index contributed by atoms with van der Waals surface area (Å²) in [5.41, 5.74) is 1.16. The van der Waals surface area contributed by atoms with Gasteiger partial charge in [-0.05, 0) is 23.7 Å². The Morgan fingerprint density at radius 3 is 2.23 bits per heavy atom. The largest absolute Gasteiger partial charge is 0.411 e. The Bertz CT molecular complexity index is 426. The average Bonchev–Trinajstić information content (AvgIpc) is 2.45. The maximum atomic E-state index is 9.50. The van der Waals surface area contributed by atoms with Crippen LogP contribution in [0.2, 0.25) is 18.1 Å². The second-order valence-corrected chi connectivity index (χ2v) is 12.3. The van der Waals surface area contributed by atoms with Crippen molar-refractivity contribution in [1.29, 1.82) is 0 Å². The van der Waals surface area contributed by atoms with Gasteiger partial charge in [-0.15, -0.1) is 0 Å². The minimum absolute atomic E-state index is 0.0606. The molecular weight excluding hydrogens is 292 g/mol. The average molecular weight is 325 g/mol. The zero-order valence-electron chi connectivity index (χ0n) is 14.9. The van der Waals surface area contributed by atoms with Crippen LogP contribution < -0.4 is 0 Å². The lowest BCUT2D eigenvalue weighted by Crippen LogP contribution is -2.47. The summed E-state index contributed by atoms with van der Waals surface area (Å²) in [6, 6.07) is 10.1. The van der Waals surface area contributed by atoms with Crippen molar-refractivity contribution in [2.75, 3.05) is 13.2 Å². The van der Waals surface area contributed by atoms with Crippen LogP contribution in [-0.4, -0.2) is 32.7 Å². The molecule has 2 atom stereocenters. The SMILES string of the molecule is C[C@H](CO)[C@@H](COCc1ccccc1)O[Si](C)(C)C(C)(C)C. The van der Waals surface area contributed by atoms with Gasteiger partial charge in [0.1, 0.15) is 0 Å². The number of rotatable bonds is 8. The molecule has 0 aromatic heterocycles. The Morgan fingerprint density at radius 1 is 1.14 bits per heavy atom. The van der Waals surface area contributed by atoms with Crippen LogP contribution in [0.4, 0.5) is 0 Å². The molecule has 0 bridgehead atoms. The van der Waals surface area contributed by atoms with Crippen molar-refractivity contribution in [3.63, 3.8) is 0 Å². The summed E-state index contributed by atoms with van der Waals surface area (Å²) in [4.78, 5) is 0. The number of aliphatic hydroxyl groups excluding tert-OH is 1. The van der Waals surface area contributed by atoms with Crippen molar-refractivity contribution in [3.8, 4) is 0 Å². The molecule has 0 saturated carbocycles. The molecule has 1 aromatic rings. The van der Waals surface area contributed by atoms with Gasteiger partial charge < -0.3 is 14.3 Å². The second kappa shape index (κ2) is 8.25. The first-order valence-corrected chi connectivity index (χ1v) is 11.0. The Morgan fingerprint density at radius 2 is 1.73 bits per heavy atom. The third-order valence-corrected chi connectivity index (χ3v) is 9.07. The molecule has 0 aliphatic heterocycles. The highest BCUT2D eigenvalue weighted by atomic mass is 28.4. The van der Waals surface area contributed by atoms with Crippen LogP contribution in [0, 0.1) is 5.92 Å². The van der Waals surface area contributed by atoms with Crippen molar-refractivity contribution in [2.45, 2.75) is 58.5 Å². The normalized spacial score (nSPS) is 15.6. The van der Waals surface area contributed by atoms with Crippen LogP contribution in [0.1, 0.15) is 33.3 Å². The van der Waals surface area contributed by atoms with E-state index in [4.69, 9.17) is 9.16 Å². The molecule has 1 N–H and O–H groups in total. The Hall–Kier alpha value is -0.683. The van der Waals surface area contributed by atoms with Gasteiger partial charge in [0.2, 0.25) is 0 Å². The number of hydrogen-bond acceptors (Lipinski definition) is 3. The zero-order valence-corrected chi connectivity index (χ0v) is 15.9. The lowest BCUT2D eigenvalue weighted by Gasteiger charge is -2.40. The molecule has 0 aliphatic rings. The van der Waals surface area contributed by atoms with Crippen LogP contribution in [0.15, 0.2) is 30.3 Å². The Labute approximate surface area is 136 Å². The van der Waals surface area contributed by atoms with E-state index in [1.807, 2.05) is 25.1 Å². The summed E-state index contributed by atoms with van der Waals surface area (Å²) in [7, 11) is -1.87. The van der Waals surface area contributed by atoms with E-state index in [2.05, 4.69) is 46.0 Å². The smallest absolute Gasteiger partial charge is 0.192 e. The van der Waals surface area contributed by atoms with Crippen LogP contribution in [0.25, 0.3) is 0 Å². The summed E-state index contributed by atoms with van der Waals surface area (Å²) < 4.78 is 12.3. The molecule has 0 aliphatic carbocycles. The van der Waals surface area contributed by atoms with Gasteiger partial charge in [0.25, 0.3) is 0 Å². The predicted octanol–water partition coefficient (Wildman–Crippen LogP) is 4.22. The molecule has 0 amide bonds. The van der Waals surface area contributed by atoms with Gasteiger partial charge in [-0.2, -0.15) is 0 Å². The van der Waals surface area contributed by atoms with Crippen LogP contribution in [-0.2, 0) is 15.8 Å². The molecule has 1 aromatic carbocycles. The van der Waals surface area contributed by atoms with E-state index in [0.29, 0.717) is 13.2 Å². The van der Waals surface area contributed by atoms with Crippen molar-refractivity contribution in [1.82, 2.24) is 0 Å². The Kier molecular flexibility index (Phi) is 7.26. The second-order valence-electron chi connectivity index (χ2n) is 7.58. The molecule has 0 saturated heterocycles. The van der Waals surface area contributed by atoms with Gasteiger partial charge in [-0.1, -0.05) is 58.0 Å². The maximum absolute atomic E-state index is 9.50. The van der Waals surface area contributed by atoms with E-state index in [-0.39, 0.29) is 23.7 Å². The maximum Gasteiger partial charge on any atom is 0.192 e. The van der Waals surface area contributed by atoms with Gasteiger partial charge in [-0.25, -0.2) is 0 Å². The van der Waals surface area contributed by atoms with Crippen molar-refractivity contribution in [3.05, 3.63) is 35.9 Å². The highest BCUT2D eigenvalue weighted by molar-refractivity contribution is 6.74. The van der Waals surface area contributed by atoms with E-state index >= 15 is 0 Å². The third-order valence-electron chi connectivity index (χ3n) is 4.57. The first kappa shape index (κ1) is 19.4. The van der Waals surface area contributed by atoms with Gasteiger partial charge >= 0.3 is 0 Å². The molecule has 22 heavy (non-hydrogen) atoms. The van der Waals surface area contributed by atoms with E-state index < -0.39 is 8.32 Å². The quantitative estimate of drug-likeness (QED) is 0.728. The molecule has 0 unspecified atom stereocenters. The molecule has 0 radical (unpaired) electrons. The van der Waals surface area contributed by atoms with E-state index in [9.17, 15) is 5.11 Å². The lowest BCUT2D eigenvalue weighted by molar-refractivity contribution is -0.00403.